The van der Waals surface area contributed by atoms with Crippen molar-refractivity contribution in [1.82, 2.24) is 25.2 Å². The number of halogens is 1. The summed E-state index contributed by atoms with van der Waals surface area (Å²) >= 11 is 0. The van der Waals surface area contributed by atoms with E-state index in [0.29, 0.717) is 12.6 Å². The molecule has 0 aliphatic carbocycles. The summed E-state index contributed by atoms with van der Waals surface area (Å²) in [7, 11) is 0. The van der Waals surface area contributed by atoms with Crippen molar-refractivity contribution in [2.24, 2.45) is 4.99 Å². The summed E-state index contributed by atoms with van der Waals surface area (Å²) < 4.78 is 1.90. The molecule has 6 nitrogen and oxygen atoms in total. The standard InChI is InChI=1S/C19H30N6.HI/c1-4-6-7-8-16(3)24-19(21-5-2)23-14-17-9-10-22-18(13-17)25-12-11-20-15-25;/h9-13,15-16H,4-8,14H2,1-3H3,(H2,21,23,24);1H. The maximum absolute atomic E-state index is 4.72. The Morgan fingerprint density at radius 2 is 2.12 bits per heavy atom. The normalized spacial score (nSPS) is 12.3. The molecule has 0 radical (unpaired) electrons. The molecule has 2 rings (SSSR count). The topological polar surface area (TPSA) is 67.1 Å². The molecule has 2 aromatic rings. The number of aliphatic imine (C=N–C) groups is 1. The third-order valence-corrected chi connectivity index (χ3v) is 3.97. The van der Waals surface area contributed by atoms with Crippen LogP contribution in [0.2, 0.25) is 0 Å². The van der Waals surface area contributed by atoms with Crippen molar-refractivity contribution in [2.75, 3.05) is 6.54 Å². The monoisotopic (exact) mass is 470 g/mol. The number of nitrogens with one attached hydrogen (secondary N) is 2. The van der Waals surface area contributed by atoms with Gasteiger partial charge in [-0.1, -0.05) is 26.2 Å². The minimum Gasteiger partial charge on any atom is -0.357 e. The van der Waals surface area contributed by atoms with Crippen LogP contribution in [0, 0.1) is 0 Å². The first-order valence-corrected chi connectivity index (χ1v) is 9.21. The van der Waals surface area contributed by atoms with E-state index in [1.54, 1.807) is 12.5 Å². The number of hydrogen-bond acceptors (Lipinski definition) is 3. The van der Waals surface area contributed by atoms with Crippen LogP contribution in [-0.4, -0.2) is 33.1 Å². The van der Waals surface area contributed by atoms with Crippen molar-refractivity contribution in [2.45, 2.75) is 59.0 Å². The van der Waals surface area contributed by atoms with Crippen molar-refractivity contribution in [3.8, 4) is 5.82 Å². The first-order valence-electron chi connectivity index (χ1n) is 9.21. The minimum atomic E-state index is 0. The number of guanidine groups is 1. The van der Waals surface area contributed by atoms with E-state index in [4.69, 9.17) is 4.99 Å². The second kappa shape index (κ2) is 12.7. The van der Waals surface area contributed by atoms with Gasteiger partial charge in [0.25, 0.3) is 0 Å². The highest BCUT2D eigenvalue weighted by atomic mass is 127. The maximum atomic E-state index is 4.72. The Morgan fingerprint density at radius 1 is 1.27 bits per heavy atom. The van der Waals surface area contributed by atoms with Crippen LogP contribution in [0.5, 0.6) is 0 Å². The van der Waals surface area contributed by atoms with Crippen LogP contribution in [0.25, 0.3) is 5.82 Å². The number of nitrogens with zero attached hydrogens (tertiary/aromatic N) is 4. The van der Waals surface area contributed by atoms with Gasteiger partial charge >= 0.3 is 0 Å². The zero-order valence-corrected chi connectivity index (χ0v) is 18.3. The Kier molecular flexibility index (Phi) is 10.9. The summed E-state index contributed by atoms with van der Waals surface area (Å²) in [4.78, 5) is 13.2. The highest BCUT2D eigenvalue weighted by Gasteiger charge is 2.05. The van der Waals surface area contributed by atoms with Gasteiger partial charge in [0.2, 0.25) is 0 Å². The van der Waals surface area contributed by atoms with E-state index in [1.165, 1.54) is 19.3 Å². The van der Waals surface area contributed by atoms with Crippen LogP contribution in [0.3, 0.4) is 0 Å². The minimum absolute atomic E-state index is 0. The zero-order chi connectivity index (χ0) is 17.9. The van der Waals surface area contributed by atoms with Crippen molar-refractivity contribution in [3.05, 3.63) is 42.6 Å². The quantitative estimate of drug-likeness (QED) is 0.253. The number of imidazole rings is 1. The van der Waals surface area contributed by atoms with Crippen LogP contribution in [0.4, 0.5) is 0 Å². The molecule has 1 unspecified atom stereocenters. The molecule has 26 heavy (non-hydrogen) atoms. The van der Waals surface area contributed by atoms with Crippen LogP contribution in [-0.2, 0) is 6.54 Å². The van der Waals surface area contributed by atoms with E-state index in [1.807, 2.05) is 29.1 Å². The van der Waals surface area contributed by atoms with E-state index in [-0.39, 0.29) is 24.0 Å². The largest absolute Gasteiger partial charge is 0.357 e. The average Bonchev–Trinajstić information content (AvgIpc) is 3.15. The van der Waals surface area contributed by atoms with E-state index in [0.717, 1.165) is 30.3 Å². The number of aromatic nitrogens is 3. The summed E-state index contributed by atoms with van der Waals surface area (Å²) in [5.74, 6) is 1.73. The Bertz CT molecular complexity index is 641. The number of hydrogen-bond donors (Lipinski definition) is 2. The first-order chi connectivity index (χ1) is 12.2. The zero-order valence-electron chi connectivity index (χ0n) is 16.0. The van der Waals surface area contributed by atoms with Crippen LogP contribution >= 0.6 is 24.0 Å². The highest BCUT2D eigenvalue weighted by molar-refractivity contribution is 14.0. The predicted molar refractivity (Wildman–Crippen MR) is 118 cm³/mol. The molecule has 0 fully saturated rings. The molecule has 0 aliphatic heterocycles. The van der Waals surface area contributed by atoms with Gasteiger partial charge in [0.15, 0.2) is 5.96 Å². The third kappa shape index (κ3) is 7.72. The van der Waals surface area contributed by atoms with Crippen LogP contribution in [0.15, 0.2) is 42.0 Å². The Morgan fingerprint density at radius 3 is 2.81 bits per heavy atom. The molecule has 0 spiro atoms. The highest BCUT2D eigenvalue weighted by Crippen LogP contribution is 2.08. The molecule has 2 N–H and O–H groups in total. The molecule has 0 aliphatic rings. The molecule has 0 aromatic carbocycles. The van der Waals surface area contributed by atoms with Gasteiger partial charge in [0.1, 0.15) is 12.1 Å². The van der Waals surface area contributed by atoms with Crippen LogP contribution in [0.1, 0.15) is 52.0 Å². The van der Waals surface area contributed by atoms with Crippen molar-refractivity contribution >= 4 is 29.9 Å². The summed E-state index contributed by atoms with van der Waals surface area (Å²) in [6, 6.07) is 4.46. The molecule has 2 heterocycles. The second-order valence-electron chi connectivity index (χ2n) is 6.23. The molecule has 144 valence electrons. The average molecular weight is 470 g/mol. The fourth-order valence-electron chi connectivity index (χ4n) is 2.59. The molecule has 0 saturated carbocycles. The van der Waals surface area contributed by atoms with Gasteiger partial charge < -0.3 is 10.6 Å². The van der Waals surface area contributed by atoms with Gasteiger partial charge in [-0.25, -0.2) is 15.0 Å². The number of pyridine rings is 1. The van der Waals surface area contributed by atoms with Gasteiger partial charge in [-0.3, -0.25) is 4.57 Å². The van der Waals surface area contributed by atoms with Gasteiger partial charge in [0, 0.05) is 31.2 Å². The Hall–Kier alpha value is -1.64. The molecule has 0 saturated heterocycles. The third-order valence-electron chi connectivity index (χ3n) is 3.97. The summed E-state index contributed by atoms with van der Waals surface area (Å²) in [6.45, 7) is 8.00. The van der Waals surface area contributed by atoms with E-state index >= 15 is 0 Å². The first kappa shape index (κ1) is 22.4. The molecule has 2 aromatic heterocycles. The molecular weight excluding hydrogens is 439 g/mol. The summed E-state index contributed by atoms with van der Waals surface area (Å²) in [5, 5.41) is 6.82. The Labute approximate surface area is 174 Å². The number of unbranched alkanes of at least 4 members (excludes halogenated alkanes) is 2. The van der Waals surface area contributed by atoms with E-state index in [9.17, 15) is 0 Å². The predicted octanol–water partition coefficient (Wildman–Crippen LogP) is 3.91. The van der Waals surface area contributed by atoms with E-state index < -0.39 is 0 Å². The van der Waals surface area contributed by atoms with Gasteiger partial charge in [0.05, 0.1) is 6.54 Å². The smallest absolute Gasteiger partial charge is 0.191 e. The lowest BCUT2D eigenvalue weighted by Gasteiger charge is -2.17. The molecule has 0 bridgehead atoms. The molecule has 0 amide bonds. The SMILES string of the molecule is CCCCCC(C)NC(=NCc1ccnc(-n2ccnc2)c1)NCC.I. The fourth-order valence-corrected chi connectivity index (χ4v) is 2.59. The van der Waals surface area contributed by atoms with Crippen molar-refractivity contribution in [1.29, 1.82) is 0 Å². The van der Waals surface area contributed by atoms with Crippen LogP contribution < -0.4 is 10.6 Å². The Balaban J connectivity index is 0.00000338. The van der Waals surface area contributed by atoms with E-state index in [2.05, 4.69) is 41.4 Å². The number of rotatable bonds is 9. The van der Waals surface area contributed by atoms with Crippen molar-refractivity contribution < 1.29 is 0 Å². The molecule has 7 heteroatoms. The second-order valence-corrected chi connectivity index (χ2v) is 6.23. The summed E-state index contributed by atoms with van der Waals surface area (Å²) in [5.41, 5.74) is 1.12. The van der Waals surface area contributed by atoms with Gasteiger partial charge in [-0.2, -0.15) is 0 Å². The molecule has 1 atom stereocenters. The van der Waals surface area contributed by atoms with Gasteiger partial charge in [-0.15, -0.1) is 24.0 Å². The fraction of sp³-hybridized carbons (Fsp3) is 0.526. The lowest BCUT2D eigenvalue weighted by Crippen LogP contribution is -2.42. The lowest BCUT2D eigenvalue weighted by molar-refractivity contribution is 0.547. The van der Waals surface area contributed by atoms with Crippen molar-refractivity contribution in [3.63, 3.8) is 0 Å². The van der Waals surface area contributed by atoms with Gasteiger partial charge in [-0.05, 0) is 38.0 Å². The summed E-state index contributed by atoms with van der Waals surface area (Å²) in [6.07, 6.45) is 12.2. The maximum Gasteiger partial charge on any atom is 0.191 e. The molecular formula is C19H31IN6. The lowest BCUT2D eigenvalue weighted by atomic mass is 10.1.